The third-order valence-corrected chi connectivity index (χ3v) is 7.19. The van der Waals surface area contributed by atoms with E-state index in [-0.39, 0.29) is 12.5 Å². The Balaban J connectivity index is 1.68. The Kier molecular flexibility index (Phi) is 7.46. The number of likely N-dealkylation sites (tertiary alicyclic amines) is 1. The molecule has 2 heterocycles. The van der Waals surface area contributed by atoms with Crippen LogP contribution in [-0.2, 0) is 30.5 Å². The standard InChI is InChI=1S/C20H26F3N3O5S/c1-14(24-32(29,30)17-7-3-2-6-16(17)20(21,22)23)18(27)26-8-4-5-15(13-26)19(28)25-9-11-31-12-10-25/h2-3,6-7,14-15,24H,4-5,8-13H2,1H3/t14-,15?/m0/s1. The van der Waals surface area contributed by atoms with E-state index in [4.69, 9.17) is 4.74 Å². The van der Waals surface area contributed by atoms with E-state index in [1.807, 2.05) is 0 Å². The first kappa shape index (κ1) is 24.5. The molecule has 1 unspecified atom stereocenters. The van der Waals surface area contributed by atoms with E-state index < -0.39 is 44.5 Å². The lowest BCUT2D eigenvalue weighted by Crippen LogP contribution is -2.53. The van der Waals surface area contributed by atoms with Gasteiger partial charge >= 0.3 is 6.18 Å². The van der Waals surface area contributed by atoms with Gasteiger partial charge < -0.3 is 14.5 Å². The van der Waals surface area contributed by atoms with Crippen LogP contribution in [0.15, 0.2) is 29.2 Å². The Labute approximate surface area is 184 Å². The molecule has 1 aromatic rings. The second-order valence-corrected chi connectivity index (χ2v) is 9.58. The fraction of sp³-hybridized carbons (Fsp3) is 0.600. The molecular formula is C20H26F3N3O5S. The van der Waals surface area contributed by atoms with Gasteiger partial charge in [-0.3, -0.25) is 9.59 Å². The minimum Gasteiger partial charge on any atom is -0.378 e. The number of amides is 2. The topological polar surface area (TPSA) is 96.0 Å². The zero-order chi connectivity index (χ0) is 23.5. The lowest BCUT2D eigenvalue weighted by atomic mass is 9.96. The molecule has 2 amide bonds. The summed E-state index contributed by atoms with van der Waals surface area (Å²) in [7, 11) is -4.61. The van der Waals surface area contributed by atoms with Gasteiger partial charge in [0.1, 0.15) is 0 Å². The molecule has 2 aliphatic rings. The van der Waals surface area contributed by atoms with Crippen LogP contribution in [0.3, 0.4) is 0 Å². The van der Waals surface area contributed by atoms with Crippen molar-refractivity contribution in [2.45, 2.75) is 36.9 Å². The van der Waals surface area contributed by atoms with Crippen LogP contribution in [0.25, 0.3) is 0 Å². The van der Waals surface area contributed by atoms with Crippen LogP contribution in [0.5, 0.6) is 0 Å². The fourth-order valence-electron chi connectivity index (χ4n) is 3.98. The molecule has 0 bridgehead atoms. The smallest absolute Gasteiger partial charge is 0.378 e. The van der Waals surface area contributed by atoms with E-state index in [2.05, 4.69) is 4.72 Å². The molecule has 3 rings (SSSR count). The third kappa shape index (κ3) is 5.59. The van der Waals surface area contributed by atoms with E-state index >= 15 is 0 Å². The Bertz CT molecular complexity index is 948. The summed E-state index contributed by atoms with van der Waals surface area (Å²) >= 11 is 0. The summed E-state index contributed by atoms with van der Waals surface area (Å²) in [5.41, 5.74) is -1.30. The second kappa shape index (κ2) is 9.75. The lowest BCUT2D eigenvalue weighted by molar-refractivity contribution is -0.144. The Morgan fingerprint density at radius 2 is 1.78 bits per heavy atom. The summed E-state index contributed by atoms with van der Waals surface area (Å²) in [6.45, 7) is 3.65. The van der Waals surface area contributed by atoms with Gasteiger partial charge in [0, 0.05) is 26.2 Å². The molecule has 178 valence electrons. The van der Waals surface area contributed by atoms with Crippen LogP contribution in [0.2, 0.25) is 0 Å². The lowest BCUT2D eigenvalue weighted by Gasteiger charge is -2.37. The van der Waals surface area contributed by atoms with Gasteiger partial charge in [0.25, 0.3) is 0 Å². The molecule has 0 radical (unpaired) electrons. The number of halogens is 3. The monoisotopic (exact) mass is 477 g/mol. The molecule has 0 aliphatic carbocycles. The highest BCUT2D eigenvalue weighted by Crippen LogP contribution is 2.34. The van der Waals surface area contributed by atoms with Gasteiger partial charge in [-0.25, -0.2) is 8.42 Å². The van der Waals surface area contributed by atoms with Crippen molar-refractivity contribution in [2.75, 3.05) is 39.4 Å². The number of nitrogens with zero attached hydrogens (tertiary/aromatic N) is 2. The molecule has 0 spiro atoms. The molecule has 0 aromatic heterocycles. The summed E-state index contributed by atoms with van der Waals surface area (Å²) in [6, 6.07) is 2.50. The van der Waals surface area contributed by atoms with Gasteiger partial charge in [0.05, 0.1) is 35.6 Å². The Morgan fingerprint density at radius 1 is 1.12 bits per heavy atom. The number of nitrogens with one attached hydrogen (secondary N) is 1. The second-order valence-electron chi connectivity index (χ2n) is 7.90. The number of hydrogen-bond acceptors (Lipinski definition) is 5. The number of ether oxygens (including phenoxy) is 1. The summed E-state index contributed by atoms with van der Waals surface area (Å²) < 4.78 is 72.2. The van der Waals surface area contributed by atoms with Crippen LogP contribution >= 0.6 is 0 Å². The summed E-state index contributed by atoms with van der Waals surface area (Å²) in [4.78, 5) is 27.8. The van der Waals surface area contributed by atoms with Crippen molar-refractivity contribution in [1.29, 1.82) is 0 Å². The molecule has 2 atom stereocenters. The van der Waals surface area contributed by atoms with E-state index in [9.17, 15) is 31.2 Å². The highest BCUT2D eigenvalue weighted by Gasteiger charge is 2.39. The number of sulfonamides is 1. The molecule has 2 aliphatic heterocycles. The third-order valence-electron chi connectivity index (χ3n) is 5.59. The maximum Gasteiger partial charge on any atom is 0.417 e. The highest BCUT2D eigenvalue weighted by molar-refractivity contribution is 7.89. The Hall–Kier alpha value is -2.18. The maximum absolute atomic E-state index is 13.2. The minimum atomic E-state index is -4.86. The molecule has 2 saturated heterocycles. The molecular weight excluding hydrogens is 451 g/mol. The van der Waals surface area contributed by atoms with Gasteiger partial charge in [-0.05, 0) is 31.9 Å². The number of alkyl halides is 3. The first-order valence-electron chi connectivity index (χ1n) is 10.3. The molecule has 12 heteroatoms. The van der Waals surface area contributed by atoms with Crippen molar-refractivity contribution in [3.8, 4) is 0 Å². The number of benzene rings is 1. The highest BCUT2D eigenvalue weighted by atomic mass is 32.2. The minimum absolute atomic E-state index is 0.0712. The molecule has 2 fully saturated rings. The molecule has 8 nitrogen and oxygen atoms in total. The predicted molar refractivity (Wildman–Crippen MR) is 108 cm³/mol. The van der Waals surface area contributed by atoms with Gasteiger partial charge in [0.15, 0.2) is 0 Å². The Morgan fingerprint density at radius 3 is 2.44 bits per heavy atom. The van der Waals surface area contributed by atoms with E-state index in [1.165, 1.54) is 17.9 Å². The van der Waals surface area contributed by atoms with E-state index in [1.54, 1.807) is 4.90 Å². The van der Waals surface area contributed by atoms with Crippen LogP contribution in [0.1, 0.15) is 25.3 Å². The van der Waals surface area contributed by atoms with Crippen LogP contribution in [0.4, 0.5) is 13.2 Å². The normalized spacial score (nSPS) is 21.3. The van der Waals surface area contributed by atoms with Gasteiger partial charge in [-0.1, -0.05) is 12.1 Å². The molecule has 0 saturated carbocycles. The quantitative estimate of drug-likeness (QED) is 0.693. The van der Waals surface area contributed by atoms with Crippen molar-refractivity contribution in [3.63, 3.8) is 0 Å². The van der Waals surface area contributed by atoms with Crippen molar-refractivity contribution in [2.24, 2.45) is 5.92 Å². The predicted octanol–water partition coefficient (Wildman–Crippen LogP) is 1.47. The van der Waals surface area contributed by atoms with Crippen LogP contribution < -0.4 is 4.72 Å². The summed E-state index contributed by atoms with van der Waals surface area (Å²) in [5, 5.41) is 0. The number of carbonyl (C=O) groups excluding carboxylic acids is 2. The summed E-state index contributed by atoms with van der Waals surface area (Å²) in [5.74, 6) is -1.06. The average Bonchev–Trinajstić information content (AvgIpc) is 2.78. The molecule has 1 aromatic carbocycles. The zero-order valence-electron chi connectivity index (χ0n) is 17.6. The van der Waals surface area contributed by atoms with E-state index in [0.717, 1.165) is 12.1 Å². The SMILES string of the molecule is C[C@H](NS(=O)(=O)c1ccccc1C(F)(F)F)C(=O)N1CCCC(C(=O)N2CCOCC2)C1. The van der Waals surface area contributed by atoms with Crippen molar-refractivity contribution in [3.05, 3.63) is 29.8 Å². The number of rotatable bonds is 5. The van der Waals surface area contributed by atoms with E-state index in [0.29, 0.717) is 51.8 Å². The fourth-order valence-corrected chi connectivity index (χ4v) is 5.40. The number of hydrogen-bond donors (Lipinski definition) is 1. The number of piperidine rings is 1. The summed E-state index contributed by atoms with van der Waals surface area (Å²) in [6.07, 6.45) is -3.68. The largest absolute Gasteiger partial charge is 0.417 e. The van der Waals surface area contributed by atoms with Crippen molar-refractivity contribution < 1.29 is 35.9 Å². The number of morpholine rings is 1. The average molecular weight is 478 g/mol. The first-order valence-corrected chi connectivity index (χ1v) is 11.8. The molecule has 1 N–H and O–H groups in total. The van der Waals surface area contributed by atoms with Crippen LogP contribution in [0, 0.1) is 5.92 Å². The first-order chi connectivity index (χ1) is 15.0. The van der Waals surface area contributed by atoms with Gasteiger partial charge in [0.2, 0.25) is 21.8 Å². The molecule has 32 heavy (non-hydrogen) atoms. The zero-order valence-corrected chi connectivity index (χ0v) is 18.4. The number of carbonyl (C=O) groups is 2. The van der Waals surface area contributed by atoms with Crippen LogP contribution in [-0.4, -0.2) is 75.5 Å². The van der Waals surface area contributed by atoms with Gasteiger partial charge in [-0.15, -0.1) is 0 Å². The van der Waals surface area contributed by atoms with Crippen molar-refractivity contribution in [1.82, 2.24) is 14.5 Å². The van der Waals surface area contributed by atoms with Crippen molar-refractivity contribution >= 4 is 21.8 Å². The van der Waals surface area contributed by atoms with Gasteiger partial charge in [-0.2, -0.15) is 17.9 Å². The maximum atomic E-state index is 13.2.